The maximum absolute atomic E-state index is 14.1. The number of nitrogens with zero attached hydrogens (tertiary/aromatic N) is 3. The first-order valence-electron chi connectivity index (χ1n) is 17.2. The highest BCUT2D eigenvalue weighted by atomic mass is 32.2. The van der Waals surface area contributed by atoms with Gasteiger partial charge in [0.2, 0.25) is 21.8 Å². The van der Waals surface area contributed by atoms with Crippen molar-refractivity contribution < 1.29 is 23.1 Å². The first-order valence-corrected chi connectivity index (χ1v) is 19.5. The van der Waals surface area contributed by atoms with Gasteiger partial charge in [-0.25, -0.2) is 13.4 Å². The second-order valence-electron chi connectivity index (χ2n) is 14.8. The number of aliphatic hydroxyl groups is 1. The quantitative estimate of drug-likeness (QED) is 0.114. The summed E-state index contributed by atoms with van der Waals surface area (Å²) in [7, 11) is -4.07. The minimum absolute atomic E-state index is 0.00671. The summed E-state index contributed by atoms with van der Waals surface area (Å²) in [6.45, 7) is 9.25. The average molecular weight is 736 g/mol. The number of nitrogens with one attached hydrogen (secondary N) is 3. The molecule has 1 unspecified atom stereocenters. The second-order valence-corrected chi connectivity index (χ2v) is 17.8. The van der Waals surface area contributed by atoms with Crippen molar-refractivity contribution >= 4 is 48.5 Å². The average Bonchev–Trinajstić information content (AvgIpc) is 3.78. The number of carbonyl (C=O) groups is 2. The lowest BCUT2D eigenvalue weighted by Gasteiger charge is -2.34. The van der Waals surface area contributed by atoms with Crippen LogP contribution in [0.2, 0.25) is 0 Å². The molecule has 1 saturated carbocycles. The van der Waals surface area contributed by atoms with E-state index in [4.69, 9.17) is 5.73 Å². The Labute approximate surface area is 304 Å². The molecule has 12 nitrogen and oxygen atoms in total. The first-order chi connectivity index (χ1) is 24.1. The summed E-state index contributed by atoms with van der Waals surface area (Å²) in [5.74, 6) is -0.871. The number of fused-ring (bicyclic) bond motifs is 1. The summed E-state index contributed by atoms with van der Waals surface area (Å²) in [5, 5.41) is 21.4. The van der Waals surface area contributed by atoms with E-state index in [2.05, 4.69) is 25.9 Å². The number of benzene rings is 2. The number of anilines is 1. The van der Waals surface area contributed by atoms with Gasteiger partial charge < -0.3 is 21.5 Å². The van der Waals surface area contributed by atoms with E-state index in [1.54, 1.807) is 24.5 Å². The zero-order valence-electron chi connectivity index (χ0n) is 29.8. The van der Waals surface area contributed by atoms with E-state index in [9.17, 15) is 23.1 Å². The number of nitrogen functional groups attached to an aromatic ring is 1. The molecule has 0 bridgehead atoms. The SMILES string of the molecule is CC(C)CN(C[C@@H](O)[C@H](Cc1ccccc1)NC(=O)C(NC(=O)CNC1(c2cccnc2)CC1)C(C)(C)C)S(=O)(=O)c1ccc2nc(N)sc2c1. The van der Waals surface area contributed by atoms with Crippen LogP contribution in [-0.2, 0) is 31.6 Å². The monoisotopic (exact) mass is 735 g/mol. The molecule has 5 rings (SSSR count). The smallest absolute Gasteiger partial charge is 0.243 e. The van der Waals surface area contributed by atoms with Gasteiger partial charge in [0.15, 0.2) is 5.13 Å². The highest BCUT2D eigenvalue weighted by Crippen LogP contribution is 2.45. The van der Waals surface area contributed by atoms with Crippen LogP contribution in [0.1, 0.15) is 58.6 Å². The molecule has 51 heavy (non-hydrogen) atoms. The fraction of sp³-hybridized carbons (Fsp3) is 0.459. The standard InChI is InChI=1S/C37H49N7O5S2/c1-24(2)22-44(51(48,49)27-13-14-28-31(19-27)50-35(38)42-28)23-30(45)29(18-25-10-7-6-8-11-25)41-34(47)33(36(3,4)5)43-32(46)21-40-37(15-16-37)26-12-9-17-39-20-26/h6-14,17,19-20,24,29-30,33,40,45H,15-16,18,21-23H2,1-5H3,(H2,38,42)(H,41,47)(H,43,46)/t29-,30+,33?/m0/s1. The van der Waals surface area contributed by atoms with Gasteiger partial charge in [-0.2, -0.15) is 4.31 Å². The number of hydrogen-bond acceptors (Lipinski definition) is 10. The summed E-state index contributed by atoms with van der Waals surface area (Å²) >= 11 is 1.20. The molecule has 1 aliphatic carbocycles. The van der Waals surface area contributed by atoms with Crippen molar-refractivity contribution in [1.29, 1.82) is 0 Å². The van der Waals surface area contributed by atoms with Gasteiger partial charge in [-0.15, -0.1) is 0 Å². The van der Waals surface area contributed by atoms with Gasteiger partial charge >= 0.3 is 0 Å². The Kier molecular flexibility index (Phi) is 11.8. The lowest BCUT2D eigenvalue weighted by molar-refractivity contribution is -0.132. The molecule has 2 aromatic heterocycles. The van der Waals surface area contributed by atoms with Crippen molar-refractivity contribution in [1.82, 2.24) is 30.2 Å². The van der Waals surface area contributed by atoms with Crippen LogP contribution in [0.5, 0.6) is 0 Å². The predicted octanol–water partition coefficient (Wildman–Crippen LogP) is 3.82. The van der Waals surface area contributed by atoms with Crippen molar-refractivity contribution in [2.24, 2.45) is 11.3 Å². The van der Waals surface area contributed by atoms with Crippen LogP contribution in [0.25, 0.3) is 10.2 Å². The zero-order valence-corrected chi connectivity index (χ0v) is 31.4. The van der Waals surface area contributed by atoms with Crippen LogP contribution in [0.3, 0.4) is 0 Å². The van der Waals surface area contributed by atoms with E-state index in [0.29, 0.717) is 15.3 Å². The lowest BCUT2D eigenvalue weighted by atomic mass is 9.85. The molecule has 2 amide bonds. The molecule has 0 spiro atoms. The Hall–Kier alpha value is -3.95. The number of rotatable bonds is 16. The van der Waals surface area contributed by atoms with Gasteiger partial charge in [0.25, 0.3) is 0 Å². The van der Waals surface area contributed by atoms with Gasteiger partial charge in [0.05, 0.1) is 33.8 Å². The summed E-state index contributed by atoms with van der Waals surface area (Å²) in [6, 6.07) is 16.1. The number of amides is 2. The lowest BCUT2D eigenvalue weighted by Crippen LogP contribution is -2.59. The number of aromatic nitrogens is 2. The molecule has 6 N–H and O–H groups in total. The number of thiazole rings is 1. The van der Waals surface area contributed by atoms with Gasteiger partial charge in [-0.05, 0) is 66.0 Å². The second kappa shape index (κ2) is 15.7. The van der Waals surface area contributed by atoms with Crippen molar-refractivity contribution in [3.8, 4) is 0 Å². The van der Waals surface area contributed by atoms with Crippen molar-refractivity contribution in [2.75, 3.05) is 25.4 Å². The summed E-state index contributed by atoms with van der Waals surface area (Å²) < 4.78 is 30.0. The van der Waals surface area contributed by atoms with Gasteiger partial charge in [0.1, 0.15) is 6.04 Å². The first kappa shape index (κ1) is 38.3. The summed E-state index contributed by atoms with van der Waals surface area (Å²) in [5.41, 5.74) is 7.34. The van der Waals surface area contributed by atoms with Gasteiger partial charge in [-0.3, -0.25) is 19.9 Å². The van der Waals surface area contributed by atoms with Crippen LogP contribution >= 0.6 is 11.3 Å². The Bertz CT molecular complexity index is 1910. The Morgan fingerprint density at radius 2 is 1.76 bits per heavy atom. The van der Waals surface area contributed by atoms with Crippen molar-refractivity contribution in [3.63, 3.8) is 0 Å². The molecule has 1 aliphatic rings. The van der Waals surface area contributed by atoms with Gasteiger partial charge in [-0.1, -0.05) is 82.4 Å². The predicted molar refractivity (Wildman–Crippen MR) is 200 cm³/mol. The molecule has 14 heteroatoms. The van der Waals surface area contributed by atoms with E-state index in [0.717, 1.165) is 24.0 Å². The molecule has 0 radical (unpaired) electrons. The third-order valence-electron chi connectivity index (χ3n) is 9.05. The summed E-state index contributed by atoms with van der Waals surface area (Å²) in [4.78, 5) is 35.9. The molecule has 4 aromatic rings. The van der Waals surface area contributed by atoms with Crippen LogP contribution in [0.15, 0.2) is 78.0 Å². The minimum atomic E-state index is -4.07. The molecule has 274 valence electrons. The molecule has 2 heterocycles. The van der Waals surface area contributed by atoms with Crippen LogP contribution in [0.4, 0.5) is 5.13 Å². The van der Waals surface area contributed by atoms with Gasteiger partial charge in [0, 0.05) is 31.0 Å². The number of nitrogens with two attached hydrogens (primary N) is 1. The fourth-order valence-electron chi connectivity index (χ4n) is 6.14. The third kappa shape index (κ3) is 9.69. The highest BCUT2D eigenvalue weighted by Gasteiger charge is 2.45. The topological polar surface area (TPSA) is 180 Å². The summed E-state index contributed by atoms with van der Waals surface area (Å²) in [6.07, 6.45) is 4.21. The molecular weight excluding hydrogens is 687 g/mol. The van der Waals surface area contributed by atoms with Crippen LogP contribution in [-0.4, -0.2) is 77.4 Å². The largest absolute Gasteiger partial charge is 0.390 e. The number of pyridine rings is 1. The number of carbonyl (C=O) groups excluding carboxylic acids is 2. The Balaban J connectivity index is 1.34. The number of hydrogen-bond donors (Lipinski definition) is 5. The number of sulfonamides is 1. The van der Waals surface area contributed by atoms with Crippen LogP contribution in [0, 0.1) is 11.3 Å². The Morgan fingerprint density at radius 1 is 1.04 bits per heavy atom. The molecule has 1 fully saturated rings. The highest BCUT2D eigenvalue weighted by molar-refractivity contribution is 7.89. The molecule has 2 aromatic carbocycles. The molecule has 0 saturated heterocycles. The number of aliphatic hydroxyl groups excluding tert-OH is 1. The van der Waals surface area contributed by atoms with E-state index < -0.39 is 39.5 Å². The van der Waals surface area contributed by atoms with Crippen molar-refractivity contribution in [3.05, 3.63) is 84.2 Å². The fourth-order valence-corrected chi connectivity index (χ4v) is 8.64. The normalized spacial score (nSPS) is 16.2. The molecule has 3 atom stereocenters. The zero-order chi connectivity index (χ0) is 37.0. The van der Waals surface area contributed by atoms with E-state index >= 15 is 0 Å². The van der Waals surface area contributed by atoms with E-state index in [-0.39, 0.29) is 48.3 Å². The molecular formula is C37H49N7O5S2. The molecule has 0 aliphatic heterocycles. The maximum atomic E-state index is 14.1. The van der Waals surface area contributed by atoms with Crippen molar-refractivity contribution in [2.45, 2.75) is 82.5 Å². The van der Waals surface area contributed by atoms with Crippen LogP contribution < -0.4 is 21.7 Å². The third-order valence-corrected chi connectivity index (χ3v) is 11.7. The Morgan fingerprint density at radius 3 is 2.39 bits per heavy atom. The van der Waals surface area contributed by atoms with E-state index in [1.807, 2.05) is 77.1 Å². The minimum Gasteiger partial charge on any atom is -0.390 e. The van der Waals surface area contributed by atoms with E-state index in [1.165, 1.54) is 21.7 Å². The maximum Gasteiger partial charge on any atom is 0.243 e.